The first-order valence-electron chi connectivity index (χ1n) is 8.50. The van der Waals surface area contributed by atoms with Crippen molar-refractivity contribution in [1.29, 1.82) is 0 Å². The van der Waals surface area contributed by atoms with E-state index in [4.69, 9.17) is 9.15 Å². The second-order valence-electron chi connectivity index (χ2n) is 6.74. The molecule has 0 atom stereocenters. The summed E-state index contributed by atoms with van der Waals surface area (Å²) < 4.78 is 13.5. The predicted octanol–water partition coefficient (Wildman–Crippen LogP) is 4.91. The van der Waals surface area contributed by atoms with Crippen molar-refractivity contribution in [3.05, 3.63) is 64.4 Å². The van der Waals surface area contributed by atoms with Crippen LogP contribution < -0.4 is 10.2 Å². The average molecular weight is 343 g/mol. The molecule has 4 nitrogen and oxygen atoms in total. The highest BCUT2D eigenvalue weighted by Crippen LogP contribution is 2.36. The maximum atomic E-state index is 13.3. The van der Waals surface area contributed by atoms with E-state index >= 15 is 0 Å². The Kier molecular flexibility index (Phi) is 2.95. The molecule has 0 aliphatic heterocycles. The fraction of sp³-hybridized carbons (Fsp3) is 0.136. The Morgan fingerprint density at radius 3 is 2.58 bits per heavy atom. The van der Waals surface area contributed by atoms with Crippen molar-refractivity contribution in [2.24, 2.45) is 7.05 Å². The molecule has 0 saturated carbocycles. The Hall–Kier alpha value is -3.27. The molecule has 2 aromatic heterocycles. The molecule has 128 valence electrons. The molecule has 4 heteroatoms. The summed E-state index contributed by atoms with van der Waals surface area (Å²) in [4.78, 5) is 13.3. The van der Waals surface area contributed by atoms with E-state index in [1.165, 1.54) is 5.56 Å². The monoisotopic (exact) mass is 343 g/mol. The van der Waals surface area contributed by atoms with E-state index in [0.29, 0.717) is 27.7 Å². The molecule has 0 unspecified atom stereocenters. The van der Waals surface area contributed by atoms with Crippen LogP contribution in [-0.2, 0) is 7.05 Å². The molecule has 26 heavy (non-hydrogen) atoms. The standard InChI is InChI=1S/C22H17NO3/c1-12-4-6-15-17(10-12)14-8-9-23(2)20(14)19-21(24)16-7-5-13(25-3)11-18(16)26-22(15)19/h4-11H,1-3H3. The molecule has 0 saturated heterocycles. The van der Waals surface area contributed by atoms with Crippen molar-refractivity contribution in [3.63, 3.8) is 0 Å². The first-order valence-corrected chi connectivity index (χ1v) is 8.50. The second kappa shape index (κ2) is 5.11. The molecule has 0 spiro atoms. The van der Waals surface area contributed by atoms with Gasteiger partial charge in [0.05, 0.1) is 23.4 Å². The summed E-state index contributed by atoms with van der Waals surface area (Å²) in [6, 6.07) is 13.6. The number of hydrogen-bond donors (Lipinski definition) is 0. The zero-order valence-corrected chi connectivity index (χ0v) is 14.8. The minimum absolute atomic E-state index is 0.0156. The van der Waals surface area contributed by atoms with Crippen LogP contribution in [0.1, 0.15) is 5.56 Å². The van der Waals surface area contributed by atoms with E-state index in [1.54, 1.807) is 25.3 Å². The number of nitrogens with zero attached hydrogens (tertiary/aromatic N) is 1. The summed E-state index contributed by atoms with van der Waals surface area (Å²) in [6.45, 7) is 2.07. The summed E-state index contributed by atoms with van der Waals surface area (Å²) in [7, 11) is 3.56. The van der Waals surface area contributed by atoms with Crippen molar-refractivity contribution in [2.75, 3.05) is 7.11 Å². The number of aromatic nitrogens is 1. The Balaban J connectivity index is 2.15. The van der Waals surface area contributed by atoms with E-state index < -0.39 is 0 Å². The summed E-state index contributed by atoms with van der Waals surface area (Å²) in [5.41, 5.74) is 3.23. The average Bonchev–Trinajstić information content (AvgIpc) is 3.03. The number of methoxy groups -OCH3 is 1. The lowest BCUT2D eigenvalue weighted by molar-refractivity contribution is 0.414. The van der Waals surface area contributed by atoms with Crippen LogP contribution in [-0.4, -0.2) is 11.7 Å². The predicted molar refractivity (Wildman–Crippen MR) is 105 cm³/mol. The van der Waals surface area contributed by atoms with Gasteiger partial charge in [-0.2, -0.15) is 0 Å². The Morgan fingerprint density at radius 2 is 1.77 bits per heavy atom. The highest BCUT2D eigenvalue weighted by molar-refractivity contribution is 6.23. The van der Waals surface area contributed by atoms with Gasteiger partial charge in [0.15, 0.2) is 0 Å². The zero-order valence-electron chi connectivity index (χ0n) is 14.8. The smallest absolute Gasteiger partial charge is 0.202 e. The van der Waals surface area contributed by atoms with Gasteiger partial charge in [0.2, 0.25) is 5.43 Å². The lowest BCUT2D eigenvalue weighted by Crippen LogP contribution is -2.05. The third-order valence-electron chi connectivity index (χ3n) is 5.12. The van der Waals surface area contributed by atoms with E-state index in [-0.39, 0.29) is 5.43 Å². The summed E-state index contributed by atoms with van der Waals surface area (Å²) in [5, 5.41) is 4.30. The molecule has 3 aromatic carbocycles. The molecule has 0 bridgehead atoms. The van der Waals surface area contributed by atoms with Gasteiger partial charge in [0.25, 0.3) is 0 Å². The third kappa shape index (κ3) is 1.87. The van der Waals surface area contributed by atoms with Crippen LogP contribution in [0.25, 0.3) is 43.6 Å². The number of rotatable bonds is 1. The first-order chi connectivity index (χ1) is 12.6. The van der Waals surface area contributed by atoms with Crippen LogP contribution >= 0.6 is 0 Å². The van der Waals surface area contributed by atoms with Crippen LogP contribution in [0, 0.1) is 6.92 Å². The Labute approximate surface area is 149 Å². The highest BCUT2D eigenvalue weighted by Gasteiger charge is 2.18. The molecule has 5 rings (SSSR count). The molecular formula is C22H17NO3. The van der Waals surface area contributed by atoms with Crippen molar-refractivity contribution in [3.8, 4) is 5.75 Å². The number of ether oxygens (including phenoxy) is 1. The number of fused-ring (bicyclic) bond motifs is 7. The first kappa shape index (κ1) is 15.0. The van der Waals surface area contributed by atoms with Crippen LogP contribution in [0.15, 0.2) is 57.9 Å². The summed E-state index contributed by atoms with van der Waals surface area (Å²) >= 11 is 0. The lowest BCUT2D eigenvalue weighted by atomic mass is 9.99. The lowest BCUT2D eigenvalue weighted by Gasteiger charge is -2.10. The van der Waals surface area contributed by atoms with E-state index in [9.17, 15) is 4.79 Å². The minimum Gasteiger partial charge on any atom is -0.497 e. The molecule has 0 aliphatic carbocycles. The molecule has 0 radical (unpaired) electrons. The van der Waals surface area contributed by atoms with Gasteiger partial charge in [-0.1, -0.05) is 23.8 Å². The van der Waals surface area contributed by atoms with Gasteiger partial charge >= 0.3 is 0 Å². The van der Waals surface area contributed by atoms with Crippen LogP contribution in [0.5, 0.6) is 5.75 Å². The van der Waals surface area contributed by atoms with E-state index in [2.05, 4.69) is 19.1 Å². The van der Waals surface area contributed by atoms with Crippen LogP contribution in [0.2, 0.25) is 0 Å². The van der Waals surface area contributed by atoms with Gasteiger partial charge < -0.3 is 13.7 Å². The quantitative estimate of drug-likeness (QED) is 0.321. The van der Waals surface area contributed by atoms with Crippen molar-refractivity contribution >= 4 is 43.6 Å². The van der Waals surface area contributed by atoms with Crippen molar-refractivity contribution < 1.29 is 9.15 Å². The maximum Gasteiger partial charge on any atom is 0.202 e. The molecule has 0 aliphatic rings. The number of hydrogen-bond acceptors (Lipinski definition) is 3. The van der Waals surface area contributed by atoms with Crippen molar-refractivity contribution in [2.45, 2.75) is 6.92 Å². The largest absolute Gasteiger partial charge is 0.497 e. The van der Waals surface area contributed by atoms with Gasteiger partial charge in [-0.3, -0.25) is 4.79 Å². The second-order valence-corrected chi connectivity index (χ2v) is 6.74. The summed E-state index contributed by atoms with van der Waals surface area (Å²) in [6.07, 6.45) is 1.99. The van der Waals surface area contributed by atoms with Gasteiger partial charge in [0.1, 0.15) is 16.9 Å². The molecule has 0 N–H and O–H groups in total. The van der Waals surface area contributed by atoms with Gasteiger partial charge in [-0.25, -0.2) is 0 Å². The van der Waals surface area contributed by atoms with E-state index in [0.717, 1.165) is 21.7 Å². The highest BCUT2D eigenvalue weighted by atomic mass is 16.5. The van der Waals surface area contributed by atoms with Crippen LogP contribution in [0.4, 0.5) is 0 Å². The van der Waals surface area contributed by atoms with Crippen LogP contribution in [0.3, 0.4) is 0 Å². The SMILES string of the molecule is COc1ccc2c(=O)c3c(oc2c1)c1ccc(C)cc1c1ccn(C)c13. The minimum atomic E-state index is -0.0156. The fourth-order valence-electron chi connectivity index (χ4n) is 3.84. The molecule has 0 amide bonds. The molecule has 2 heterocycles. The van der Waals surface area contributed by atoms with Crippen molar-refractivity contribution in [1.82, 2.24) is 4.57 Å². The Bertz CT molecular complexity index is 1410. The fourth-order valence-corrected chi connectivity index (χ4v) is 3.84. The van der Waals surface area contributed by atoms with Gasteiger partial charge in [0, 0.05) is 30.1 Å². The molecule has 5 aromatic rings. The number of benzene rings is 3. The number of aryl methyl sites for hydroxylation is 2. The zero-order chi connectivity index (χ0) is 18.0. The molecule has 0 fully saturated rings. The van der Waals surface area contributed by atoms with Gasteiger partial charge in [-0.15, -0.1) is 0 Å². The normalized spacial score (nSPS) is 11.8. The van der Waals surface area contributed by atoms with E-state index in [1.807, 2.05) is 29.9 Å². The Morgan fingerprint density at radius 1 is 0.962 bits per heavy atom. The topological polar surface area (TPSA) is 44.4 Å². The molecular weight excluding hydrogens is 326 g/mol. The third-order valence-corrected chi connectivity index (χ3v) is 5.12. The van der Waals surface area contributed by atoms with Gasteiger partial charge in [-0.05, 0) is 30.5 Å². The maximum absolute atomic E-state index is 13.3. The summed E-state index contributed by atoms with van der Waals surface area (Å²) in [5.74, 6) is 0.667.